The Morgan fingerprint density at radius 2 is 1.95 bits per heavy atom. The summed E-state index contributed by atoms with van der Waals surface area (Å²) in [7, 11) is 0. The van der Waals surface area contributed by atoms with Crippen LogP contribution in [0.15, 0.2) is 12.4 Å². The normalized spacial score (nSPS) is 23.7. The first-order valence-corrected chi connectivity index (χ1v) is 8.83. The van der Waals surface area contributed by atoms with Gasteiger partial charge in [-0.05, 0) is 19.8 Å². The second-order valence-electron chi connectivity index (χ2n) is 6.61. The van der Waals surface area contributed by atoms with Crippen LogP contribution in [0.5, 0.6) is 0 Å². The van der Waals surface area contributed by atoms with Crippen LogP contribution in [-0.2, 0) is 17.7 Å². The SMILES string of the molecule is CCc1nccn1CC(C)N1CCN(C2CCOCC2)CC1. The third-order valence-electron chi connectivity index (χ3n) is 5.26. The van der Waals surface area contributed by atoms with Crippen molar-refractivity contribution < 1.29 is 4.74 Å². The van der Waals surface area contributed by atoms with Crippen molar-refractivity contribution in [2.24, 2.45) is 0 Å². The third kappa shape index (κ3) is 3.70. The molecule has 2 aliphatic rings. The summed E-state index contributed by atoms with van der Waals surface area (Å²) >= 11 is 0. The Morgan fingerprint density at radius 3 is 2.64 bits per heavy atom. The lowest BCUT2D eigenvalue weighted by Crippen LogP contribution is -2.54. The quantitative estimate of drug-likeness (QED) is 0.828. The van der Waals surface area contributed by atoms with E-state index in [0.717, 1.165) is 32.2 Å². The van der Waals surface area contributed by atoms with Crippen molar-refractivity contribution in [3.63, 3.8) is 0 Å². The first kappa shape index (κ1) is 16.0. The van der Waals surface area contributed by atoms with Gasteiger partial charge in [-0.15, -0.1) is 0 Å². The minimum Gasteiger partial charge on any atom is -0.381 e. The zero-order chi connectivity index (χ0) is 15.4. The fourth-order valence-electron chi connectivity index (χ4n) is 3.81. The van der Waals surface area contributed by atoms with E-state index in [9.17, 15) is 0 Å². The average Bonchev–Trinajstić information content (AvgIpc) is 3.03. The largest absolute Gasteiger partial charge is 0.381 e. The molecule has 22 heavy (non-hydrogen) atoms. The zero-order valence-electron chi connectivity index (χ0n) is 14.1. The molecule has 2 saturated heterocycles. The smallest absolute Gasteiger partial charge is 0.108 e. The van der Waals surface area contributed by atoms with Gasteiger partial charge in [-0.25, -0.2) is 4.98 Å². The van der Waals surface area contributed by atoms with Crippen molar-refractivity contribution >= 4 is 0 Å². The highest BCUT2D eigenvalue weighted by atomic mass is 16.5. The highest BCUT2D eigenvalue weighted by Gasteiger charge is 2.27. The maximum absolute atomic E-state index is 5.48. The molecule has 1 atom stereocenters. The summed E-state index contributed by atoms with van der Waals surface area (Å²) in [6, 6.07) is 1.34. The Bertz CT molecular complexity index is 447. The van der Waals surface area contributed by atoms with E-state index in [-0.39, 0.29) is 0 Å². The number of aromatic nitrogens is 2. The van der Waals surface area contributed by atoms with Gasteiger partial charge in [0.05, 0.1) is 0 Å². The summed E-state index contributed by atoms with van der Waals surface area (Å²) in [4.78, 5) is 9.75. The van der Waals surface area contributed by atoms with Crippen molar-refractivity contribution in [1.82, 2.24) is 19.4 Å². The number of hydrogen-bond acceptors (Lipinski definition) is 4. The van der Waals surface area contributed by atoms with Crippen molar-refractivity contribution in [3.8, 4) is 0 Å². The first-order valence-electron chi connectivity index (χ1n) is 8.83. The minimum absolute atomic E-state index is 0.580. The molecular weight excluding hydrogens is 276 g/mol. The lowest BCUT2D eigenvalue weighted by atomic mass is 10.1. The molecule has 0 radical (unpaired) electrons. The van der Waals surface area contributed by atoms with Gasteiger partial charge >= 0.3 is 0 Å². The molecule has 1 aromatic heterocycles. The molecule has 5 heteroatoms. The zero-order valence-corrected chi connectivity index (χ0v) is 14.1. The van der Waals surface area contributed by atoms with Crippen molar-refractivity contribution in [2.45, 2.75) is 51.7 Å². The van der Waals surface area contributed by atoms with Gasteiger partial charge in [0.15, 0.2) is 0 Å². The molecule has 1 unspecified atom stereocenters. The molecule has 0 N–H and O–H groups in total. The molecule has 0 aliphatic carbocycles. The van der Waals surface area contributed by atoms with Crippen LogP contribution >= 0.6 is 0 Å². The van der Waals surface area contributed by atoms with Crippen LogP contribution in [0.1, 0.15) is 32.5 Å². The summed E-state index contributed by atoms with van der Waals surface area (Å²) in [6.45, 7) is 12.3. The number of imidazole rings is 1. The molecule has 2 fully saturated rings. The van der Waals surface area contributed by atoms with Crippen LogP contribution in [-0.4, -0.2) is 70.8 Å². The molecule has 0 bridgehead atoms. The molecule has 0 aromatic carbocycles. The van der Waals surface area contributed by atoms with Gasteiger partial charge in [-0.1, -0.05) is 6.92 Å². The summed E-state index contributed by atoms with van der Waals surface area (Å²) in [5.41, 5.74) is 0. The number of aryl methyl sites for hydroxylation is 1. The summed E-state index contributed by atoms with van der Waals surface area (Å²) < 4.78 is 7.80. The van der Waals surface area contributed by atoms with E-state index in [2.05, 4.69) is 39.4 Å². The fraction of sp³-hybridized carbons (Fsp3) is 0.824. The van der Waals surface area contributed by atoms with E-state index < -0.39 is 0 Å². The van der Waals surface area contributed by atoms with Gasteiger partial charge in [0.25, 0.3) is 0 Å². The van der Waals surface area contributed by atoms with Crippen LogP contribution in [0.25, 0.3) is 0 Å². The van der Waals surface area contributed by atoms with Crippen LogP contribution in [0.3, 0.4) is 0 Å². The highest BCUT2D eigenvalue weighted by molar-refractivity contribution is 4.93. The van der Waals surface area contributed by atoms with Crippen LogP contribution in [0, 0.1) is 0 Å². The Kier molecular flexibility index (Phi) is 5.50. The minimum atomic E-state index is 0.580. The van der Waals surface area contributed by atoms with E-state index in [1.807, 2.05) is 6.20 Å². The van der Waals surface area contributed by atoms with Crippen LogP contribution in [0.4, 0.5) is 0 Å². The lowest BCUT2D eigenvalue weighted by Gasteiger charge is -2.42. The summed E-state index contributed by atoms with van der Waals surface area (Å²) in [6.07, 6.45) is 7.48. The Hall–Kier alpha value is -0.910. The second-order valence-corrected chi connectivity index (χ2v) is 6.61. The molecule has 5 nitrogen and oxygen atoms in total. The van der Waals surface area contributed by atoms with Crippen molar-refractivity contribution in [2.75, 3.05) is 39.4 Å². The molecular formula is C17H30N4O. The summed E-state index contributed by atoms with van der Waals surface area (Å²) in [5, 5.41) is 0. The molecule has 2 aliphatic heterocycles. The molecule has 1 aromatic rings. The van der Waals surface area contributed by atoms with E-state index in [4.69, 9.17) is 4.74 Å². The summed E-state index contributed by atoms with van der Waals surface area (Å²) in [5.74, 6) is 1.20. The Labute approximate surface area is 134 Å². The average molecular weight is 306 g/mol. The predicted molar refractivity (Wildman–Crippen MR) is 88.1 cm³/mol. The van der Waals surface area contributed by atoms with E-state index in [1.165, 1.54) is 44.8 Å². The number of nitrogens with zero attached hydrogens (tertiary/aromatic N) is 4. The number of piperazine rings is 1. The van der Waals surface area contributed by atoms with E-state index in [0.29, 0.717) is 6.04 Å². The van der Waals surface area contributed by atoms with E-state index >= 15 is 0 Å². The first-order chi connectivity index (χ1) is 10.8. The molecule has 3 heterocycles. The van der Waals surface area contributed by atoms with Crippen molar-refractivity contribution in [1.29, 1.82) is 0 Å². The lowest BCUT2D eigenvalue weighted by molar-refractivity contribution is 0.00641. The molecule has 0 saturated carbocycles. The number of rotatable bonds is 5. The monoisotopic (exact) mass is 306 g/mol. The van der Waals surface area contributed by atoms with Crippen LogP contribution < -0.4 is 0 Å². The Morgan fingerprint density at radius 1 is 1.23 bits per heavy atom. The van der Waals surface area contributed by atoms with Gasteiger partial charge < -0.3 is 9.30 Å². The van der Waals surface area contributed by atoms with Gasteiger partial charge in [0.1, 0.15) is 5.82 Å². The number of ether oxygens (including phenoxy) is 1. The molecule has 3 rings (SSSR count). The third-order valence-corrected chi connectivity index (χ3v) is 5.26. The van der Waals surface area contributed by atoms with Crippen molar-refractivity contribution in [3.05, 3.63) is 18.2 Å². The highest BCUT2D eigenvalue weighted by Crippen LogP contribution is 2.18. The van der Waals surface area contributed by atoms with Gasteiger partial charge in [0, 0.05) is 76.8 Å². The molecule has 0 amide bonds. The molecule has 124 valence electrons. The standard InChI is InChI=1S/C17H30N4O/c1-3-17-18-6-7-21(17)14-15(2)19-8-10-20(11-9-19)16-4-12-22-13-5-16/h6-7,15-16H,3-5,8-14H2,1-2H3. The Balaban J connectivity index is 1.48. The van der Waals surface area contributed by atoms with Gasteiger partial charge in [0.2, 0.25) is 0 Å². The van der Waals surface area contributed by atoms with E-state index in [1.54, 1.807) is 0 Å². The molecule has 0 spiro atoms. The topological polar surface area (TPSA) is 33.5 Å². The maximum Gasteiger partial charge on any atom is 0.108 e. The second kappa shape index (κ2) is 7.57. The maximum atomic E-state index is 5.48. The number of hydrogen-bond donors (Lipinski definition) is 0. The predicted octanol–water partition coefficient (Wildman–Crippen LogP) is 1.63. The fourth-order valence-corrected chi connectivity index (χ4v) is 3.81. The van der Waals surface area contributed by atoms with Gasteiger partial charge in [-0.3, -0.25) is 9.80 Å². The van der Waals surface area contributed by atoms with Gasteiger partial charge in [-0.2, -0.15) is 0 Å². The van der Waals surface area contributed by atoms with Crippen LogP contribution in [0.2, 0.25) is 0 Å².